The SMILES string of the molecule is Cc1cc(/C=C/C(=O)O)cc(CCC#N)c1. The van der Waals surface area contributed by atoms with Crippen molar-refractivity contribution in [2.24, 2.45) is 0 Å². The lowest BCUT2D eigenvalue weighted by molar-refractivity contribution is -0.131. The summed E-state index contributed by atoms with van der Waals surface area (Å²) >= 11 is 0. The van der Waals surface area contributed by atoms with E-state index in [1.165, 1.54) is 0 Å². The van der Waals surface area contributed by atoms with Crippen LogP contribution in [0.15, 0.2) is 24.3 Å². The number of nitrogens with zero attached hydrogens (tertiary/aromatic N) is 1. The zero-order valence-corrected chi connectivity index (χ0v) is 9.10. The molecule has 0 aliphatic rings. The summed E-state index contributed by atoms with van der Waals surface area (Å²) < 4.78 is 0. The Kier molecular flexibility index (Phi) is 4.28. The second kappa shape index (κ2) is 5.72. The highest BCUT2D eigenvalue weighted by molar-refractivity contribution is 5.85. The molecule has 1 aromatic carbocycles. The van der Waals surface area contributed by atoms with Crippen LogP contribution in [0.1, 0.15) is 23.1 Å². The summed E-state index contributed by atoms with van der Waals surface area (Å²) in [5, 5.41) is 17.0. The van der Waals surface area contributed by atoms with Crippen molar-refractivity contribution in [3.05, 3.63) is 41.0 Å². The van der Waals surface area contributed by atoms with E-state index in [0.717, 1.165) is 22.8 Å². The molecule has 3 heteroatoms. The molecule has 0 fully saturated rings. The minimum Gasteiger partial charge on any atom is -0.478 e. The average molecular weight is 215 g/mol. The Bertz CT molecular complexity index is 455. The largest absolute Gasteiger partial charge is 0.478 e. The standard InChI is InChI=1S/C13H13NO2/c1-10-7-11(3-2-6-14)9-12(8-10)4-5-13(15)16/h4-5,7-9H,2-3H2,1H3,(H,15,16)/b5-4+. The molecule has 0 atom stereocenters. The van der Waals surface area contributed by atoms with E-state index in [1.54, 1.807) is 6.08 Å². The van der Waals surface area contributed by atoms with Crippen LogP contribution in [0.5, 0.6) is 0 Å². The third kappa shape index (κ3) is 3.97. The number of rotatable bonds is 4. The molecule has 0 bridgehead atoms. The zero-order valence-electron chi connectivity index (χ0n) is 9.10. The van der Waals surface area contributed by atoms with Crippen molar-refractivity contribution < 1.29 is 9.90 Å². The number of nitriles is 1. The summed E-state index contributed by atoms with van der Waals surface area (Å²) in [6.07, 6.45) is 3.85. The number of carboxylic acid groups (broad SMARTS) is 1. The van der Waals surface area contributed by atoms with Crippen LogP contribution in [-0.4, -0.2) is 11.1 Å². The lowest BCUT2D eigenvalue weighted by Gasteiger charge is -2.02. The van der Waals surface area contributed by atoms with Crippen molar-refractivity contribution >= 4 is 12.0 Å². The number of hydrogen-bond acceptors (Lipinski definition) is 2. The van der Waals surface area contributed by atoms with E-state index in [9.17, 15) is 4.79 Å². The van der Waals surface area contributed by atoms with Crippen LogP contribution in [-0.2, 0) is 11.2 Å². The highest BCUT2D eigenvalue weighted by Crippen LogP contribution is 2.12. The molecule has 0 heterocycles. The number of hydrogen-bond donors (Lipinski definition) is 1. The molecule has 0 aliphatic carbocycles. The molecule has 1 aromatic rings. The zero-order chi connectivity index (χ0) is 12.0. The number of carbonyl (C=O) groups is 1. The lowest BCUT2D eigenvalue weighted by atomic mass is 10.0. The summed E-state index contributed by atoms with van der Waals surface area (Å²) in [7, 11) is 0. The van der Waals surface area contributed by atoms with E-state index >= 15 is 0 Å². The van der Waals surface area contributed by atoms with Crippen molar-refractivity contribution in [2.75, 3.05) is 0 Å². The van der Waals surface area contributed by atoms with Crippen LogP contribution in [0, 0.1) is 18.3 Å². The molecule has 0 spiro atoms. The van der Waals surface area contributed by atoms with E-state index in [-0.39, 0.29) is 0 Å². The summed E-state index contributed by atoms with van der Waals surface area (Å²) in [5.74, 6) is -0.958. The molecule has 0 saturated heterocycles. The van der Waals surface area contributed by atoms with Crippen molar-refractivity contribution in [1.29, 1.82) is 5.26 Å². The molecule has 0 saturated carbocycles. The van der Waals surface area contributed by atoms with Crippen molar-refractivity contribution in [2.45, 2.75) is 19.8 Å². The van der Waals surface area contributed by atoms with Gasteiger partial charge in [-0.3, -0.25) is 0 Å². The predicted octanol–water partition coefficient (Wildman–Crippen LogP) is 2.55. The van der Waals surface area contributed by atoms with Gasteiger partial charge in [0.15, 0.2) is 0 Å². The molecule has 82 valence electrons. The maximum absolute atomic E-state index is 10.4. The van der Waals surface area contributed by atoms with E-state index in [2.05, 4.69) is 6.07 Å². The van der Waals surface area contributed by atoms with Crippen LogP contribution in [0.3, 0.4) is 0 Å². The fourth-order valence-electron chi connectivity index (χ4n) is 1.50. The summed E-state index contributed by atoms with van der Waals surface area (Å²) in [5.41, 5.74) is 2.99. The van der Waals surface area contributed by atoms with Crippen LogP contribution in [0.2, 0.25) is 0 Å². The van der Waals surface area contributed by atoms with Gasteiger partial charge < -0.3 is 5.11 Å². The van der Waals surface area contributed by atoms with E-state index < -0.39 is 5.97 Å². The van der Waals surface area contributed by atoms with Crippen LogP contribution < -0.4 is 0 Å². The van der Waals surface area contributed by atoms with Gasteiger partial charge in [0.2, 0.25) is 0 Å². The van der Waals surface area contributed by atoms with Gasteiger partial charge in [0.25, 0.3) is 0 Å². The lowest BCUT2D eigenvalue weighted by Crippen LogP contribution is -1.89. The first-order chi connectivity index (χ1) is 7.61. The molecular weight excluding hydrogens is 202 g/mol. The van der Waals surface area contributed by atoms with Crippen molar-refractivity contribution in [3.63, 3.8) is 0 Å². The Morgan fingerprint density at radius 3 is 2.88 bits per heavy atom. The van der Waals surface area contributed by atoms with Gasteiger partial charge in [0.1, 0.15) is 0 Å². The number of carboxylic acids is 1. The highest BCUT2D eigenvalue weighted by Gasteiger charge is 1.97. The molecule has 1 N–H and O–H groups in total. The number of aryl methyl sites for hydroxylation is 2. The smallest absolute Gasteiger partial charge is 0.328 e. The quantitative estimate of drug-likeness (QED) is 0.785. The summed E-state index contributed by atoms with van der Waals surface area (Å²) in [4.78, 5) is 10.4. The average Bonchev–Trinajstić information content (AvgIpc) is 2.23. The first-order valence-corrected chi connectivity index (χ1v) is 5.00. The minimum absolute atomic E-state index is 0.478. The molecular formula is C13H13NO2. The third-order valence-electron chi connectivity index (χ3n) is 2.10. The van der Waals surface area contributed by atoms with E-state index in [0.29, 0.717) is 12.8 Å². The maximum Gasteiger partial charge on any atom is 0.328 e. The minimum atomic E-state index is -0.958. The third-order valence-corrected chi connectivity index (χ3v) is 2.10. The van der Waals surface area contributed by atoms with Gasteiger partial charge in [-0.2, -0.15) is 5.26 Å². The highest BCUT2D eigenvalue weighted by atomic mass is 16.4. The van der Waals surface area contributed by atoms with Gasteiger partial charge in [0.05, 0.1) is 6.07 Å². The molecule has 0 amide bonds. The number of aliphatic carboxylic acids is 1. The first kappa shape index (κ1) is 12.0. The van der Waals surface area contributed by atoms with Gasteiger partial charge in [-0.25, -0.2) is 4.79 Å². The molecule has 0 radical (unpaired) electrons. The molecule has 16 heavy (non-hydrogen) atoms. The summed E-state index contributed by atoms with van der Waals surface area (Å²) in [6, 6.07) is 7.92. The Hall–Kier alpha value is -2.08. The van der Waals surface area contributed by atoms with Crippen LogP contribution >= 0.6 is 0 Å². The predicted molar refractivity (Wildman–Crippen MR) is 61.8 cm³/mol. The van der Waals surface area contributed by atoms with Crippen molar-refractivity contribution in [1.82, 2.24) is 0 Å². The first-order valence-electron chi connectivity index (χ1n) is 5.00. The Morgan fingerprint density at radius 2 is 2.25 bits per heavy atom. The van der Waals surface area contributed by atoms with Gasteiger partial charge in [0, 0.05) is 12.5 Å². The van der Waals surface area contributed by atoms with Crippen LogP contribution in [0.4, 0.5) is 0 Å². The van der Waals surface area contributed by atoms with E-state index in [4.69, 9.17) is 10.4 Å². The van der Waals surface area contributed by atoms with Gasteiger partial charge in [-0.15, -0.1) is 0 Å². The topological polar surface area (TPSA) is 61.1 Å². The molecule has 1 rings (SSSR count). The Morgan fingerprint density at radius 1 is 1.50 bits per heavy atom. The normalized spacial score (nSPS) is 10.2. The Labute approximate surface area is 94.6 Å². The molecule has 3 nitrogen and oxygen atoms in total. The maximum atomic E-state index is 10.4. The van der Waals surface area contributed by atoms with Gasteiger partial charge >= 0.3 is 5.97 Å². The second-order valence-electron chi connectivity index (χ2n) is 3.58. The Balaban J connectivity index is 2.90. The fraction of sp³-hybridized carbons (Fsp3) is 0.231. The van der Waals surface area contributed by atoms with Gasteiger partial charge in [-0.1, -0.05) is 23.8 Å². The van der Waals surface area contributed by atoms with E-state index in [1.807, 2.05) is 25.1 Å². The fourth-order valence-corrected chi connectivity index (χ4v) is 1.50. The second-order valence-corrected chi connectivity index (χ2v) is 3.58. The molecule has 0 unspecified atom stereocenters. The summed E-state index contributed by atoms with van der Waals surface area (Å²) in [6.45, 7) is 1.95. The van der Waals surface area contributed by atoms with Crippen molar-refractivity contribution in [3.8, 4) is 6.07 Å². The molecule has 0 aromatic heterocycles. The van der Waals surface area contributed by atoms with Crippen LogP contribution in [0.25, 0.3) is 6.08 Å². The monoisotopic (exact) mass is 215 g/mol. The molecule has 0 aliphatic heterocycles. The number of benzene rings is 1. The van der Waals surface area contributed by atoms with Gasteiger partial charge in [-0.05, 0) is 30.5 Å².